The molecule has 1 aromatic heterocycles. The molecule has 0 unspecified atom stereocenters. The molecular weight excluding hydrogens is 180 g/mol. The molecule has 0 radical (unpaired) electrons. The highest BCUT2D eigenvalue weighted by Gasteiger charge is 1.98. The maximum Gasteiger partial charge on any atom is 0.328 e. The summed E-state index contributed by atoms with van der Waals surface area (Å²) in [6.45, 7) is 2.12. The SMILES string of the molecule is CCCCc1ccc(/C=C/C(=O)O)o1. The zero-order valence-electron chi connectivity index (χ0n) is 8.19. The lowest BCUT2D eigenvalue weighted by molar-refractivity contribution is -0.131. The first kappa shape index (κ1) is 10.6. The molecule has 0 spiro atoms. The van der Waals surface area contributed by atoms with E-state index < -0.39 is 5.97 Å². The number of carbonyl (C=O) groups is 1. The Bertz CT molecular complexity index is 323. The fourth-order valence-corrected chi connectivity index (χ4v) is 1.12. The third kappa shape index (κ3) is 3.47. The van der Waals surface area contributed by atoms with E-state index in [2.05, 4.69) is 6.92 Å². The van der Waals surface area contributed by atoms with Crippen LogP contribution in [0.1, 0.15) is 31.3 Å². The van der Waals surface area contributed by atoms with Crippen molar-refractivity contribution in [2.45, 2.75) is 26.2 Å². The molecule has 0 amide bonds. The summed E-state index contributed by atoms with van der Waals surface area (Å²) in [6.07, 6.45) is 5.66. The minimum Gasteiger partial charge on any atom is -0.478 e. The van der Waals surface area contributed by atoms with Gasteiger partial charge in [-0.25, -0.2) is 4.79 Å². The van der Waals surface area contributed by atoms with E-state index in [4.69, 9.17) is 9.52 Å². The largest absolute Gasteiger partial charge is 0.478 e. The van der Waals surface area contributed by atoms with Crippen molar-refractivity contribution < 1.29 is 14.3 Å². The first-order valence-electron chi connectivity index (χ1n) is 4.72. The van der Waals surface area contributed by atoms with Gasteiger partial charge in [0.2, 0.25) is 0 Å². The highest BCUT2D eigenvalue weighted by Crippen LogP contribution is 2.12. The van der Waals surface area contributed by atoms with Gasteiger partial charge in [-0.15, -0.1) is 0 Å². The van der Waals surface area contributed by atoms with Crippen molar-refractivity contribution in [1.82, 2.24) is 0 Å². The Labute approximate surface area is 83.0 Å². The van der Waals surface area contributed by atoms with E-state index in [0.29, 0.717) is 5.76 Å². The van der Waals surface area contributed by atoms with Crippen molar-refractivity contribution in [3.05, 3.63) is 29.7 Å². The summed E-state index contributed by atoms with van der Waals surface area (Å²) in [4.78, 5) is 10.2. The summed E-state index contributed by atoms with van der Waals surface area (Å²) in [5.74, 6) is 0.548. The molecule has 0 bridgehead atoms. The number of aliphatic carboxylic acids is 1. The maximum atomic E-state index is 10.2. The predicted molar refractivity (Wildman–Crippen MR) is 54.0 cm³/mol. The van der Waals surface area contributed by atoms with Crippen LogP contribution in [-0.2, 0) is 11.2 Å². The molecule has 0 saturated carbocycles. The lowest BCUT2D eigenvalue weighted by Gasteiger charge is -1.92. The van der Waals surface area contributed by atoms with Crippen LogP contribution in [0, 0.1) is 0 Å². The molecule has 1 N–H and O–H groups in total. The van der Waals surface area contributed by atoms with Gasteiger partial charge in [-0.3, -0.25) is 0 Å². The molecule has 1 heterocycles. The van der Waals surface area contributed by atoms with Crippen LogP contribution < -0.4 is 0 Å². The molecule has 1 rings (SSSR count). The van der Waals surface area contributed by atoms with Crippen molar-refractivity contribution in [1.29, 1.82) is 0 Å². The van der Waals surface area contributed by atoms with Crippen LogP contribution in [0.4, 0.5) is 0 Å². The second kappa shape index (κ2) is 5.27. The van der Waals surface area contributed by atoms with Crippen molar-refractivity contribution in [2.75, 3.05) is 0 Å². The van der Waals surface area contributed by atoms with E-state index in [1.54, 1.807) is 6.07 Å². The Balaban J connectivity index is 2.54. The van der Waals surface area contributed by atoms with Crippen LogP contribution in [0.25, 0.3) is 6.08 Å². The van der Waals surface area contributed by atoms with Gasteiger partial charge in [0.25, 0.3) is 0 Å². The molecule has 0 aromatic carbocycles. The Morgan fingerprint density at radius 2 is 2.36 bits per heavy atom. The minimum absolute atomic E-state index is 0.596. The smallest absolute Gasteiger partial charge is 0.328 e. The summed E-state index contributed by atoms with van der Waals surface area (Å²) in [5, 5.41) is 8.39. The van der Waals surface area contributed by atoms with Crippen molar-refractivity contribution >= 4 is 12.0 Å². The molecule has 3 heteroatoms. The number of hydrogen-bond acceptors (Lipinski definition) is 2. The Morgan fingerprint density at radius 3 is 3.00 bits per heavy atom. The quantitative estimate of drug-likeness (QED) is 0.733. The van der Waals surface area contributed by atoms with Crippen molar-refractivity contribution in [3.8, 4) is 0 Å². The maximum absolute atomic E-state index is 10.2. The number of rotatable bonds is 5. The minimum atomic E-state index is -0.962. The lowest BCUT2D eigenvalue weighted by Crippen LogP contribution is -1.84. The predicted octanol–water partition coefficient (Wildman–Crippen LogP) is 2.72. The van der Waals surface area contributed by atoms with Gasteiger partial charge in [0.05, 0.1) is 0 Å². The standard InChI is InChI=1S/C11H14O3/c1-2-3-4-9-5-6-10(14-9)7-8-11(12)13/h5-8H,2-4H2,1H3,(H,12,13)/b8-7+. The number of aryl methyl sites for hydroxylation is 1. The van der Waals surface area contributed by atoms with Gasteiger partial charge < -0.3 is 9.52 Å². The fourth-order valence-electron chi connectivity index (χ4n) is 1.12. The topological polar surface area (TPSA) is 50.4 Å². The summed E-state index contributed by atoms with van der Waals surface area (Å²) < 4.78 is 5.39. The average Bonchev–Trinajstić information content (AvgIpc) is 2.59. The molecule has 3 nitrogen and oxygen atoms in total. The van der Waals surface area contributed by atoms with Gasteiger partial charge >= 0.3 is 5.97 Å². The average molecular weight is 194 g/mol. The van der Waals surface area contributed by atoms with Crippen LogP contribution >= 0.6 is 0 Å². The highest BCUT2D eigenvalue weighted by molar-refractivity contribution is 5.84. The van der Waals surface area contributed by atoms with Gasteiger partial charge in [-0.05, 0) is 24.6 Å². The van der Waals surface area contributed by atoms with Crippen LogP contribution in [-0.4, -0.2) is 11.1 Å². The molecule has 0 fully saturated rings. The number of hydrogen-bond donors (Lipinski definition) is 1. The fraction of sp³-hybridized carbons (Fsp3) is 0.364. The molecular formula is C11H14O3. The Kier molecular flexibility index (Phi) is 3.98. The second-order valence-electron chi connectivity index (χ2n) is 3.08. The van der Waals surface area contributed by atoms with Gasteiger partial charge in [0.15, 0.2) is 0 Å². The van der Waals surface area contributed by atoms with Crippen LogP contribution in [0.3, 0.4) is 0 Å². The Morgan fingerprint density at radius 1 is 1.57 bits per heavy atom. The first-order chi connectivity index (χ1) is 6.72. The summed E-state index contributed by atoms with van der Waals surface area (Å²) in [6, 6.07) is 3.67. The second-order valence-corrected chi connectivity index (χ2v) is 3.08. The monoisotopic (exact) mass is 194 g/mol. The molecule has 14 heavy (non-hydrogen) atoms. The summed E-state index contributed by atoms with van der Waals surface area (Å²) in [7, 11) is 0. The van der Waals surface area contributed by atoms with Gasteiger partial charge in [-0.1, -0.05) is 13.3 Å². The first-order valence-corrected chi connectivity index (χ1v) is 4.72. The van der Waals surface area contributed by atoms with Crippen LogP contribution in [0.2, 0.25) is 0 Å². The van der Waals surface area contributed by atoms with E-state index in [1.165, 1.54) is 6.08 Å². The number of unbranched alkanes of at least 4 members (excludes halogenated alkanes) is 1. The van der Waals surface area contributed by atoms with Crippen LogP contribution in [0.5, 0.6) is 0 Å². The number of carboxylic acids is 1. The number of carboxylic acid groups (broad SMARTS) is 1. The van der Waals surface area contributed by atoms with E-state index in [0.717, 1.165) is 31.1 Å². The van der Waals surface area contributed by atoms with E-state index in [1.807, 2.05) is 6.07 Å². The molecule has 0 aliphatic rings. The van der Waals surface area contributed by atoms with Crippen molar-refractivity contribution in [3.63, 3.8) is 0 Å². The Hall–Kier alpha value is -1.51. The molecule has 0 atom stereocenters. The normalized spacial score (nSPS) is 10.9. The lowest BCUT2D eigenvalue weighted by atomic mass is 10.2. The van der Waals surface area contributed by atoms with Crippen LogP contribution in [0.15, 0.2) is 22.6 Å². The number of furan rings is 1. The van der Waals surface area contributed by atoms with Gasteiger partial charge in [0.1, 0.15) is 11.5 Å². The molecule has 0 saturated heterocycles. The van der Waals surface area contributed by atoms with E-state index in [-0.39, 0.29) is 0 Å². The summed E-state index contributed by atoms with van der Waals surface area (Å²) >= 11 is 0. The zero-order valence-corrected chi connectivity index (χ0v) is 8.19. The molecule has 1 aromatic rings. The van der Waals surface area contributed by atoms with Gasteiger partial charge in [0, 0.05) is 12.5 Å². The molecule has 0 aliphatic heterocycles. The third-order valence-corrected chi connectivity index (χ3v) is 1.85. The molecule has 0 aliphatic carbocycles. The van der Waals surface area contributed by atoms with Gasteiger partial charge in [-0.2, -0.15) is 0 Å². The zero-order chi connectivity index (χ0) is 10.4. The summed E-state index contributed by atoms with van der Waals surface area (Å²) in [5.41, 5.74) is 0. The molecule has 76 valence electrons. The highest BCUT2D eigenvalue weighted by atomic mass is 16.4. The van der Waals surface area contributed by atoms with E-state index in [9.17, 15) is 4.79 Å². The van der Waals surface area contributed by atoms with E-state index >= 15 is 0 Å². The van der Waals surface area contributed by atoms with Crippen molar-refractivity contribution in [2.24, 2.45) is 0 Å². The third-order valence-electron chi connectivity index (χ3n) is 1.85.